The number of benzene rings is 1. The van der Waals surface area contributed by atoms with Crippen LogP contribution < -0.4 is 0 Å². The standard InChI is InChI=1S/C16H21F2NO2/c1-11(14-9-13(17)5-6-15(14)18)19-8-2-3-12(10-19)4-7-16(20)21/h5-6,9,11-12H,2-4,7-8,10H2,1H3,(H,20,21). The Bertz CT molecular complexity index is 507. The molecule has 5 heteroatoms. The minimum Gasteiger partial charge on any atom is -0.481 e. The van der Waals surface area contributed by atoms with Gasteiger partial charge in [-0.2, -0.15) is 0 Å². The van der Waals surface area contributed by atoms with E-state index in [9.17, 15) is 13.6 Å². The van der Waals surface area contributed by atoms with Crippen molar-refractivity contribution in [2.45, 2.75) is 38.6 Å². The van der Waals surface area contributed by atoms with Crippen molar-refractivity contribution in [2.75, 3.05) is 13.1 Å². The zero-order valence-electron chi connectivity index (χ0n) is 12.2. The molecule has 0 radical (unpaired) electrons. The SMILES string of the molecule is CC(c1cc(F)ccc1F)N1CCCC(CCC(=O)O)C1. The summed E-state index contributed by atoms with van der Waals surface area (Å²) in [5, 5.41) is 8.76. The number of nitrogens with zero attached hydrogens (tertiary/aromatic N) is 1. The summed E-state index contributed by atoms with van der Waals surface area (Å²) in [4.78, 5) is 12.8. The quantitative estimate of drug-likeness (QED) is 0.902. The molecule has 0 spiro atoms. The van der Waals surface area contributed by atoms with E-state index in [1.54, 1.807) is 0 Å². The second-order valence-corrected chi connectivity index (χ2v) is 5.78. The molecule has 1 fully saturated rings. The van der Waals surface area contributed by atoms with Crippen molar-refractivity contribution in [3.05, 3.63) is 35.4 Å². The Labute approximate surface area is 123 Å². The van der Waals surface area contributed by atoms with Gasteiger partial charge in [-0.3, -0.25) is 9.69 Å². The predicted octanol–water partition coefficient (Wildman–Crippen LogP) is 3.60. The Morgan fingerprint density at radius 3 is 2.95 bits per heavy atom. The van der Waals surface area contributed by atoms with Gasteiger partial charge >= 0.3 is 5.97 Å². The number of aliphatic carboxylic acids is 1. The zero-order chi connectivity index (χ0) is 15.4. The van der Waals surface area contributed by atoms with Crippen LogP contribution in [0, 0.1) is 17.6 Å². The summed E-state index contributed by atoms with van der Waals surface area (Å²) in [5.74, 6) is -1.29. The van der Waals surface area contributed by atoms with Crippen LogP contribution in [0.3, 0.4) is 0 Å². The number of carboxylic acid groups (broad SMARTS) is 1. The molecular formula is C16H21F2NO2. The van der Waals surface area contributed by atoms with E-state index in [4.69, 9.17) is 5.11 Å². The lowest BCUT2D eigenvalue weighted by molar-refractivity contribution is -0.137. The van der Waals surface area contributed by atoms with E-state index in [0.717, 1.165) is 38.1 Å². The van der Waals surface area contributed by atoms with Crippen molar-refractivity contribution in [3.8, 4) is 0 Å². The Kier molecular flexibility index (Phi) is 5.28. The van der Waals surface area contributed by atoms with Crippen LogP contribution in [0.2, 0.25) is 0 Å². The van der Waals surface area contributed by atoms with Gasteiger partial charge in [0.1, 0.15) is 11.6 Å². The Morgan fingerprint density at radius 2 is 2.24 bits per heavy atom. The van der Waals surface area contributed by atoms with E-state index in [-0.39, 0.29) is 12.5 Å². The second kappa shape index (κ2) is 6.98. The summed E-state index contributed by atoms with van der Waals surface area (Å²) >= 11 is 0. The van der Waals surface area contributed by atoms with Crippen LogP contribution in [0.1, 0.15) is 44.2 Å². The Morgan fingerprint density at radius 1 is 1.48 bits per heavy atom. The molecule has 21 heavy (non-hydrogen) atoms. The number of carboxylic acids is 1. The number of rotatable bonds is 5. The number of hydrogen-bond acceptors (Lipinski definition) is 2. The number of piperidine rings is 1. The molecule has 2 atom stereocenters. The Balaban J connectivity index is 2.03. The van der Waals surface area contributed by atoms with Gasteiger partial charge in [0.25, 0.3) is 0 Å². The Hall–Kier alpha value is -1.49. The number of halogens is 2. The summed E-state index contributed by atoms with van der Waals surface area (Å²) in [7, 11) is 0. The third kappa shape index (κ3) is 4.24. The van der Waals surface area contributed by atoms with Crippen LogP contribution >= 0.6 is 0 Å². The maximum Gasteiger partial charge on any atom is 0.303 e. The monoisotopic (exact) mass is 297 g/mol. The maximum atomic E-state index is 13.9. The minimum absolute atomic E-state index is 0.168. The first-order valence-electron chi connectivity index (χ1n) is 7.38. The van der Waals surface area contributed by atoms with Crippen LogP contribution in [-0.2, 0) is 4.79 Å². The third-order valence-corrected chi connectivity index (χ3v) is 4.27. The van der Waals surface area contributed by atoms with E-state index < -0.39 is 17.6 Å². The number of likely N-dealkylation sites (tertiary alicyclic amines) is 1. The first kappa shape index (κ1) is 15.9. The summed E-state index contributed by atoms with van der Waals surface area (Å²) in [6.07, 6.45) is 2.78. The molecular weight excluding hydrogens is 276 g/mol. The average molecular weight is 297 g/mol. The van der Waals surface area contributed by atoms with Crippen LogP contribution in [0.4, 0.5) is 8.78 Å². The zero-order valence-corrected chi connectivity index (χ0v) is 12.2. The molecule has 2 unspecified atom stereocenters. The molecule has 0 aromatic heterocycles. The lowest BCUT2D eigenvalue weighted by Crippen LogP contribution is -2.37. The van der Waals surface area contributed by atoms with Gasteiger partial charge < -0.3 is 5.11 Å². The van der Waals surface area contributed by atoms with Crippen molar-refractivity contribution in [2.24, 2.45) is 5.92 Å². The highest BCUT2D eigenvalue weighted by molar-refractivity contribution is 5.66. The highest BCUT2D eigenvalue weighted by atomic mass is 19.1. The van der Waals surface area contributed by atoms with Crippen molar-refractivity contribution < 1.29 is 18.7 Å². The van der Waals surface area contributed by atoms with Gasteiger partial charge in [-0.15, -0.1) is 0 Å². The highest BCUT2D eigenvalue weighted by Crippen LogP contribution is 2.30. The molecule has 1 heterocycles. The van der Waals surface area contributed by atoms with Gasteiger partial charge in [-0.1, -0.05) is 0 Å². The van der Waals surface area contributed by atoms with Crippen molar-refractivity contribution in [1.29, 1.82) is 0 Å². The molecule has 1 N–H and O–H groups in total. The van der Waals surface area contributed by atoms with Crippen LogP contribution in [0.25, 0.3) is 0 Å². The fourth-order valence-corrected chi connectivity index (χ4v) is 3.04. The van der Waals surface area contributed by atoms with E-state index >= 15 is 0 Å². The molecule has 1 aliphatic heterocycles. The minimum atomic E-state index is -0.781. The normalized spacial score (nSPS) is 21.2. The first-order chi connectivity index (χ1) is 9.97. The average Bonchev–Trinajstić information content (AvgIpc) is 2.47. The largest absolute Gasteiger partial charge is 0.481 e. The molecule has 1 aromatic carbocycles. The van der Waals surface area contributed by atoms with E-state index in [2.05, 4.69) is 4.90 Å². The van der Waals surface area contributed by atoms with Crippen LogP contribution in [0.15, 0.2) is 18.2 Å². The number of carbonyl (C=O) groups is 1. The molecule has 1 aromatic rings. The fraction of sp³-hybridized carbons (Fsp3) is 0.562. The molecule has 116 valence electrons. The van der Waals surface area contributed by atoms with Gasteiger partial charge in [0.15, 0.2) is 0 Å². The molecule has 0 bridgehead atoms. The molecule has 2 rings (SSSR count). The topological polar surface area (TPSA) is 40.5 Å². The van der Waals surface area contributed by atoms with Crippen molar-refractivity contribution >= 4 is 5.97 Å². The van der Waals surface area contributed by atoms with Gasteiger partial charge in [0.05, 0.1) is 0 Å². The maximum absolute atomic E-state index is 13.9. The molecule has 0 saturated carbocycles. The molecule has 0 aliphatic carbocycles. The molecule has 3 nitrogen and oxygen atoms in total. The lowest BCUT2D eigenvalue weighted by atomic mass is 9.91. The molecule has 1 aliphatic rings. The summed E-state index contributed by atoms with van der Waals surface area (Å²) < 4.78 is 27.2. The fourth-order valence-electron chi connectivity index (χ4n) is 3.04. The van der Waals surface area contributed by atoms with Crippen LogP contribution in [0.5, 0.6) is 0 Å². The number of hydrogen-bond donors (Lipinski definition) is 1. The third-order valence-electron chi connectivity index (χ3n) is 4.27. The molecule has 0 amide bonds. The van der Waals surface area contributed by atoms with E-state index in [1.165, 1.54) is 6.07 Å². The summed E-state index contributed by atoms with van der Waals surface area (Å²) in [6, 6.07) is 3.33. The summed E-state index contributed by atoms with van der Waals surface area (Å²) in [6.45, 7) is 3.45. The van der Waals surface area contributed by atoms with Gasteiger partial charge in [0.2, 0.25) is 0 Å². The van der Waals surface area contributed by atoms with Crippen molar-refractivity contribution in [3.63, 3.8) is 0 Å². The van der Waals surface area contributed by atoms with Crippen molar-refractivity contribution in [1.82, 2.24) is 4.90 Å². The van der Waals surface area contributed by atoms with Crippen LogP contribution in [-0.4, -0.2) is 29.1 Å². The first-order valence-corrected chi connectivity index (χ1v) is 7.38. The van der Waals surface area contributed by atoms with E-state index in [0.29, 0.717) is 17.9 Å². The van der Waals surface area contributed by atoms with Gasteiger partial charge in [-0.05, 0) is 56.8 Å². The summed E-state index contributed by atoms with van der Waals surface area (Å²) in [5.41, 5.74) is 0.369. The second-order valence-electron chi connectivity index (χ2n) is 5.78. The highest BCUT2D eigenvalue weighted by Gasteiger charge is 2.26. The predicted molar refractivity (Wildman–Crippen MR) is 75.9 cm³/mol. The van der Waals surface area contributed by atoms with E-state index in [1.807, 2.05) is 6.92 Å². The smallest absolute Gasteiger partial charge is 0.303 e. The van der Waals surface area contributed by atoms with Gasteiger partial charge in [0, 0.05) is 24.6 Å². The molecule has 1 saturated heterocycles. The van der Waals surface area contributed by atoms with Gasteiger partial charge in [-0.25, -0.2) is 8.78 Å². The lowest BCUT2D eigenvalue weighted by Gasteiger charge is -2.37.